The van der Waals surface area contributed by atoms with Crippen LogP contribution in [0.15, 0.2) is 0 Å². The highest BCUT2D eigenvalue weighted by Gasteiger charge is 2.42. The average molecular weight is 284 g/mol. The number of ketones is 1. The lowest BCUT2D eigenvalue weighted by molar-refractivity contribution is -0.133. The first-order valence-corrected chi connectivity index (χ1v) is 8.20. The van der Waals surface area contributed by atoms with Gasteiger partial charge in [0, 0.05) is 0 Å². The highest BCUT2D eigenvalue weighted by Crippen LogP contribution is 2.43. The zero-order valence-corrected chi connectivity index (χ0v) is 13.6. The Morgan fingerprint density at radius 3 is 2.55 bits per heavy atom. The molecule has 3 nitrogen and oxygen atoms in total. The highest BCUT2D eigenvalue weighted by molar-refractivity contribution is 5.80. The van der Waals surface area contributed by atoms with Gasteiger partial charge >= 0.3 is 0 Å². The van der Waals surface area contributed by atoms with Crippen LogP contribution in [-0.4, -0.2) is 27.7 Å². The Morgan fingerprint density at radius 1 is 1.40 bits per heavy atom. The molecule has 118 valence electrons. The number of Topliss-reactive ketones (excluding diaryl/α,β-unsaturated/α-hetero) is 1. The molecule has 1 aliphatic carbocycles. The lowest BCUT2D eigenvalue weighted by Gasteiger charge is -2.43. The normalized spacial score (nSPS) is 32.4. The highest BCUT2D eigenvalue weighted by atomic mass is 16.3. The topological polar surface area (TPSA) is 57.5 Å². The van der Waals surface area contributed by atoms with Crippen molar-refractivity contribution in [2.75, 3.05) is 0 Å². The van der Waals surface area contributed by atoms with E-state index in [9.17, 15) is 15.0 Å². The zero-order chi connectivity index (χ0) is 15.3. The summed E-state index contributed by atoms with van der Waals surface area (Å²) in [6.45, 7) is 7.95. The molecule has 0 aromatic rings. The van der Waals surface area contributed by atoms with Crippen molar-refractivity contribution in [1.82, 2.24) is 0 Å². The molecule has 1 saturated carbocycles. The van der Waals surface area contributed by atoms with E-state index in [-0.39, 0.29) is 17.6 Å². The fourth-order valence-corrected chi connectivity index (χ4v) is 3.69. The van der Waals surface area contributed by atoms with E-state index in [1.54, 1.807) is 0 Å². The van der Waals surface area contributed by atoms with E-state index < -0.39 is 11.7 Å². The molecule has 0 radical (unpaired) electrons. The van der Waals surface area contributed by atoms with Crippen LogP contribution >= 0.6 is 0 Å². The molecule has 2 unspecified atom stereocenters. The molecule has 1 aliphatic rings. The summed E-state index contributed by atoms with van der Waals surface area (Å²) in [7, 11) is 0. The summed E-state index contributed by atoms with van der Waals surface area (Å²) in [5.41, 5.74) is -0.580. The van der Waals surface area contributed by atoms with Crippen molar-refractivity contribution in [1.29, 1.82) is 0 Å². The third kappa shape index (κ3) is 4.85. The molecular weight excluding hydrogens is 252 g/mol. The first kappa shape index (κ1) is 17.6. The van der Waals surface area contributed by atoms with Crippen LogP contribution in [0.25, 0.3) is 0 Å². The zero-order valence-electron chi connectivity index (χ0n) is 13.6. The first-order chi connectivity index (χ1) is 9.29. The van der Waals surface area contributed by atoms with Gasteiger partial charge in [-0.05, 0) is 56.8 Å². The van der Waals surface area contributed by atoms with E-state index in [1.807, 2.05) is 0 Å². The molecule has 0 heterocycles. The maximum atomic E-state index is 11.5. The molecule has 1 rings (SSSR count). The van der Waals surface area contributed by atoms with Crippen LogP contribution in [0.4, 0.5) is 0 Å². The van der Waals surface area contributed by atoms with Gasteiger partial charge in [0.1, 0.15) is 6.10 Å². The van der Waals surface area contributed by atoms with Crippen molar-refractivity contribution in [3.63, 3.8) is 0 Å². The molecule has 3 heteroatoms. The van der Waals surface area contributed by atoms with Crippen molar-refractivity contribution >= 4 is 5.78 Å². The van der Waals surface area contributed by atoms with Crippen molar-refractivity contribution < 1.29 is 15.0 Å². The van der Waals surface area contributed by atoms with Gasteiger partial charge in [0.25, 0.3) is 0 Å². The third-order valence-electron chi connectivity index (χ3n) is 4.84. The van der Waals surface area contributed by atoms with E-state index in [2.05, 4.69) is 20.8 Å². The Balaban J connectivity index is 2.76. The van der Waals surface area contributed by atoms with Crippen molar-refractivity contribution in [2.24, 2.45) is 17.8 Å². The predicted molar refractivity (Wildman–Crippen MR) is 81.4 cm³/mol. The molecular formula is C17H32O3. The molecule has 0 bridgehead atoms. The van der Waals surface area contributed by atoms with Gasteiger partial charge < -0.3 is 10.2 Å². The quantitative estimate of drug-likeness (QED) is 0.754. The third-order valence-corrected chi connectivity index (χ3v) is 4.84. The second-order valence-electron chi connectivity index (χ2n) is 7.17. The van der Waals surface area contributed by atoms with Gasteiger partial charge in [-0.15, -0.1) is 0 Å². The van der Waals surface area contributed by atoms with Crippen LogP contribution in [0.5, 0.6) is 0 Å². The second-order valence-corrected chi connectivity index (χ2v) is 7.17. The number of aliphatic hydroxyl groups is 2. The summed E-state index contributed by atoms with van der Waals surface area (Å²) >= 11 is 0. The van der Waals surface area contributed by atoms with E-state index in [4.69, 9.17) is 0 Å². The first-order valence-electron chi connectivity index (χ1n) is 8.20. The smallest absolute Gasteiger partial charge is 0.158 e. The van der Waals surface area contributed by atoms with Gasteiger partial charge in [0.2, 0.25) is 0 Å². The fourth-order valence-electron chi connectivity index (χ4n) is 3.69. The lowest BCUT2D eigenvalue weighted by atomic mass is 9.66. The summed E-state index contributed by atoms with van der Waals surface area (Å²) in [5, 5.41) is 20.8. The summed E-state index contributed by atoms with van der Waals surface area (Å²) in [5.74, 6) is 0.779. The van der Waals surface area contributed by atoms with E-state index in [0.717, 1.165) is 38.5 Å². The van der Waals surface area contributed by atoms with E-state index in [0.29, 0.717) is 12.3 Å². The Kier molecular flexibility index (Phi) is 6.67. The Hall–Kier alpha value is -0.410. The number of rotatable bonds is 7. The number of carbonyl (C=O) groups excluding carboxylic acids is 1. The minimum absolute atomic E-state index is 0.0309. The minimum Gasteiger partial charge on any atom is -0.390 e. The molecule has 2 N–H and O–H groups in total. The standard InChI is InChI=1S/C17H32O3/c1-5-9-17(20)10-8-15(16(19)13(4)18)14(11-17)7-6-12(2)3/h12,14-16,19-20H,5-11H2,1-4H3/t14-,15?,16?,17-/m1/s1. The van der Waals surface area contributed by atoms with Gasteiger partial charge in [-0.25, -0.2) is 0 Å². The van der Waals surface area contributed by atoms with Crippen molar-refractivity contribution in [3.05, 3.63) is 0 Å². The van der Waals surface area contributed by atoms with Crippen LogP contribution in [-0.2, 0) is 4.79 Å². The lowest BCUT2D eigenvalue weighted by Crippen LogP contribution is -2.44. The molecule has 0 saturated heterocycles. The Bertz CT molecular complexity index is 313. The Labute approximate surface area is 123 Å². The molecule has 1 fully saturated rings. The molecule has 4 atom stereocenters. The monoisotopic (exact) mass is 284 g/mol. The Morgan fingerprint density at radius 2 is 2.05 bits per heavy atom. The van der Waals surface area contributed by atoms with E-state index >= 15 is 0 Å². The SMILES string of the molecule is CCC[C@@]1(O)CCC(C(O)C(C)=O)[C@H](CCC(C)C)C1. The summed E-state index contributed by atoms with van der Waals surface area (Å²) < 4.78 is 0. The number of aliphatic hydroxyl groups excluding tert-OH is 1. The molecule has 0 aromatic carbocycles. The molecule has 0 aromatic heterocycles. The van der Waals surface area contributed by atoms with Crippen LogP contribution < -0.4 is 0 Å². The molecule has 0 spiro atoms. The fraction of sp³-hybridized carbons (Fsp3) is 0.941. The maximum absolute atomic E-state index is 11.5. The van der Waals surface area contributed by atoms with Gasteiger partial charge in [0.05, 0.1) is 5.60 Å². The summed E-state index contributed by atoms with van der Waals surface area (Å²) in [4.78, 5) is 11.5. The van der Waals surface area contributed by atoms with Gasteiger partial charge in [-0.2, -0.15) is 0 Å². The second kappa shape index (κ2) is 7.56. The van der Waals surface area contributed by atoms with Gasteiger partial charge in [-0.1, -0.05) is 33.6 Å². The van der Waals surface area contributed by atoms with Crippen LogP contribution in [0.2, 0.25) is 0 Å². The predicted octanol–water partition coefficient (Wildman–Crippen LogP) is 3.32. The molecule has 0 aliphatic heterocycles. The molecule has 0 amide bonds. The van der Waals surface area contributed by atoms with Crippen molar-refractivity contribution in [3.8, 4) is 0 Å². The van der Waals surface area contributed by atoms with Gasteiger partial charge in [-0.3, -0.25) is 4.79 Å². The maximum Gasteiger partial charge on any atom is 0.158 e. The number of carbonyl (C=O) groups is 1. The number of hydrogen-bond acceptors (Lipinski definition) is 3. The van der Waals surface area contributed by atoms with Crippen LogP contribution in [0.1, 0.15) is 72.6 Å². The molecule has 20 heavy (non-hydrogen) atoms. The van der Waals surface area contributed by atoms with Gasteiger partial charge in [0.15, 0.2) is 5.78 Å². The van der Waals surface area contributed by atoms with E-state index in [1.165, 1.54) is 6.92 Å². The largest absolute Gasteiger partial charge is 0.390 e. The summed E-state index contributed by atoms with van der Waals surface area (Å²) in [6.07, 6.45) is 5.27. The number of hydrogen-bond donors (Lipinski definition) is 2. The average Bonchev–Trinajstić information content (AvgIpc) is 2.35. The van der Waals surface area contributed by atoms with Crippen LogP contribution in [0.3, 0.4) is 0 Å². The van der Waals surface area contributed by atoms with Crippen LogP contribution in [0, 0.1) is 17.8 Å². The van der Waals surface area contributed by atoms with Crippen molar-refractivity contribution in [2.45, 2.75) is 84.3 Å². The summed E-state index contributed by atoms with van der Waals surface area (Å²) in [6, 6.07) is 0. The minimum atomic E-state index is -0.849.